The van der Waals surface area contributed by atoms with Crippen LogP contribution in [-0.2, 0) is 0 Å². The number of rotatable bonds is 9. The van der Waals surface area contributed by atoms with Gasteiger partial charge in [0.05, 0.1) is 6.10 Å². The van der Waals surface area contributed by atoms with Crippen LogP contribution in [0.4, 0.5) is 0 Å². The van der Waals surface area contributed by atoms with Gasteiger partial charge >= 0.3 is 0 Å². The van der Waals surface area contributed by atoms with E-state index in [2.05, 4.69) is 22.6 Å². The second-order valence-corrected chi connectivity index (χ2v) is 5.65. The van der Waals surface area contributed by atoms with Crippen molar-refractivity contribution in [2.45, 2.75) is 32.3 Å². The number of ether oxygens (including phenoxy) is 1. The van der Waals surface area contributed by atoms with E-state index in [4.69, 9.17) is 4.74 Å². The van der Waals surface area contributed by atoms with Gasteiger partial charge in [0.1, 0.15) is 12.4 Å². The molecule has 0 spiro atoms. The smallest absolute Gasteiger partial charge is 0.159 e. The summed E-state index contributed by atoms with van der Waals surface area (Å²) in [4.78, 5) is 8.82. The second kappa shape index (κ2) is 9.63. The normalized spacial score (nSPS) is 12.2. The fraction of sp³-hybridized carbons (Fsp3) is 0.300. The minimum absolute atomic E-state index is 0.227. The number of aliphatic hydroxyl groups excluding tert-OH is 1. The highest BCUT2D eigenvalue weighted by molar-refractivity contribution is 5.57. The Hall–Kier alpha value is -2.46. The molecule has 0 aliphatic rings. The van der Waals surface area contributed by atoms with Crippen LogP contribution in [0.1, 0.15) is 31.7 Å². The Balaban J connectivity index is 1.91. The lowest BCUT2D eigenvalue weighted by Crippen LogP contribution is -1.97. The predicted octanol–water partition coefficient (Wildman–Crippen LogP) is 4.27. The highest BCUT2D eigenvalue weighted by Gasteiger charge is 2.01. The first-order valence-electron chi connectivity index (χ1n) is 8.20. The molecule has 2 rings (SSSR count). The molecule has 0 saturated carbocycles. The van der Waals surface area contributed by atoms with E-state index in [9.17, 15) is 5.11 Å². The molecule has 4 heteroatoms. The maximum absolute atomic E-state index is 9.21. The second-order valence-electron chi connectivity index (χ2n) is 5.65. The number of allylic oxidation sites excluding steroid dienone is 1. The van der Waals surface area contributed by atoms with E-state index in [0.29, 0.717) is 12.4 Å². The molecule has 0 saturated heterocycles. The molecule has 0 bridgehead atoms. The Morgan fingerprint density at radius 3 is 2.54 bits per heavy atom. The van der Waals surface area contributed by atoms with Gasteiger partial charge in [0.2, 0.25) is 0 Å². The molecule has 1 N–H and O–H groups in total. The van der Waals surface area contributed by atoms with Crippen molar-refractivity contribution >= 4 is 6.08 Å². The van der Waals surface area contributed by atoms with Crippen molar-refractivity contribution in [1.82, 2.24) is 9.97 Å². The molecule has 1 aromatic heterocycles. The minimum Gasteiger partial charge on any atom is -0.490 e. The Morgan fingerprint density at radius 1 is 1.21 bits per heavy atom. The summed E-state index contributed by atoms with van der Waals surface area (Å²) in [6.45, 7) is 5.93. The average Bonchev–Trinajstić information content (AvgIpc) is 2.60. The van der Waals surface area contributed by atoms with Crippen LogP contribution in [-0.4, -0.2) is 27.8 Å². The van der Waals surface area contributed by atoms with E-state index in [1.807, 2.05) is 49.7 Å². The Morgan fingerprint density at radius 2 is 1.92 bits per heavy atom. The molecular weight excluding hydrogens is 300 g/mol. The Labute approximate surface area is 143 Å². The zero-order chi connectivity index (χ0) is 17.2. The van der Waals surface area contributed by atoms with Gasteiger partial charge in [0, 0.05) is 23.5 Å². The van der Waals surface area contributed by atoms with Crippen molar-refractivity contribution in [3.05, 3.63) is 61.0 Å². The van der Waals surface area contributed by atoms with E-state index in [1.54, 1.807) is 6.08 Å². The summed E-state index contributed by atoms with van der Waals surface area (Å²) in [5, 5.41) is 9.21. The van der Waals surface area contributed by atoms with Crippen molar-refractivity contribution in [3.8, 4) is 17.1 Å². The molecule has 1 aromatic carbocycles. The molecule has 0 amide bonds. The average molecular weight is 324 g/mol. The van der Waals surface area contributed by atoms with Gasteiger partial charge in [-0.3, -0.25) is 0 Å². The van der Waals surface area contributed by atoms with Crippen molar-refractivity contribution < 1.29 is 9.84 Å². The molecular formula is C20H24N2O2. The summed E-state index contributed by atoms with van der Waals surface area (Å²) in [5.74, 6) is 1.49. The highest BCUT2D eigenvalue weighted by atomic mass is 16.5. The highest BCUT2D eigenvalue weighted by Crippen LogP contribution is 2.19. The van der Waals surface area contributed by atoms with Crippen LogP contribution in [0.15, 0.2) is 55.4 Å². The first-order chi connectivity index (χ1) is 11.7. The lowest BCUT2D eigenvalue weighted by atomic mass is 10.1. The number of unbranched alkanes of at least 4 members (excludes halogenated alkanes) is 1. The molecule has 0 fully saturated rings. The predicted molar refractivity (Wildman–Crippen MR) is 97.7 cm³/mol. The summed E-state index contributed by atoms with van der Waals surface area (Å²) >= 11 is 0. The number of benzene rings is 1. The maximum Gasteiger partial charge on any atom is 0.159 e. The Kier molecular flexibility index (Phi) is 7.18. The van der Waals surface area contributed by atoms with E-state index >= 15 is 0 Å². The lowest BCUT2D eigenvalue weighted by molar-refractivity contribution is 0.182. The van der Waals surface area contributed by atoms with E-state index in [0.717, 1.165) is 36.1 Å². The lowest BCUT2D eigenvalue weighted by Gasteiger charge is -2.04. The van der Waals surface area contributed by atoms with Gasteiger partial charge in [-0.05, 0) is 50.5 Å². The molecule has 4 nitrogen and oxygen atoms in total. The Bertz CT molecular complexity index is 646. The number of hydrogen-bond donors (Lipinski definition) is 1. The van der Waals surface area contributed by atoms with Crippen molar-refractivity contribution in [1.29, 1.82) is 0 Å². The summed E-state index contributed by atoms with van der Waals surface area (Å²) < 4.78 is 5.46. The zero-order valence-electron chi connectivity index (χ0n) is 14.1. The summed E-state index contributed by atoms with van der Waals surface area (Å²) in [7, 11) is 0. The maximum atomic E-state index is 9.21. The largest absolute Gasteiger partial charge is 0.490 e. The molecule has 0 radical (unpaired) electrons. The molecule has 1 unspecified atom stereocenters. The zero-order valence-corrected chi connectivity index (χ0v) is 14.1. The van der Waals surface area contributed by atoms with Gasteiger partial charge in [-0.1, -0.05) is 24.8 Å². The third kappa shape index (κ3) is 5.97. The fourth-order valence-corrected chi connectivity index (χ4v) is 2.18. The molecule has 2 aromatic rings. The molecule has 0 aliphatic carbocycles. The monoisotopic (exact) mass is 324 g/mol. The van der Waals surface area contributed by atoms with Gasteiger partial charge in [0.15, 0.2) is 5.82 Å². The van der Waals surface area contributed by atoms with Gasteiger partial charge < -0.3 is 9.84 Å². The third-order valence-electron chi connectivity index (χ3n) is 3.46. The van der Waals surface area contributed by atoms with Gasteiger partial charge in [0.25, 0.3) is 0 Å². The van der Waals surface area contributed by atoms with Crippen LogP contribution >= 0.6 is 0 Å². The first kappa shape index (κ1) is 17.9. The van der Waals surface area contributed by atoms with Crippen LogP contribution in [0.5, 0.6) is 5.75 Å². The number of aliphatic hydroxyl groups is 1. The number of hydrogen-bond acceptors (Lipinski definition) is 4. The van der Waals surface area contributed by atoms with Crippen LogP contribution in [0.3, 0.4) is 0 Å². The first-order valence-corrected chi connectivity index (χ1v) is 8.20. The standard InChI is InChI=1S/C20H24N2O2/c1-3-13-24-19-11-9-18(10-12-19)20-21-14-17(15-22-20)8-6-4-5-7-16(2)23/h3,6,8-12,14-16,23H,1,4-5,7,13H2,2H3. The summed E-state index contributed by atoms with van der Waals surface area (Å²) in [5.41, 5.74) is 1.93. The minimum atomic E-state index is -0.227. The topological polar surface area (TPSA) is 55.2 Å². The molecule has 126 valence electrons. The van der Waals surface area contributed by atoms with Crippen molar-refractivity contribution in [3.63, 3.8) is 0 Å². The number of aromatic nitrogens is 2. The fourth-order valence-electron chi connectivity index (χ4n) is 2.18. The number of nitrogens with zero attached hydrogens (tertiary/aromatic N) is 2. The SMILES string of the molecule is C=CCOc1ccc(-c2ncc(C=CCCCC(C)O)cn2)cc1. The van der Waals surface area contributed by atoms with E-state index in [1.165, 1.54) is 0 Å². The van der Waals surface area contributed by atoms with Crippen LogP contribution in [0.2, 0.25) is 0 Å². The molecule has 24 heavy (non-hydrogen) atoms. The summed E-state index contributed by atoms with van der Waals surface area (Å²) in [6.07, 6.45) is 12.0. The molecule has 1 atom stereocenters. The summed E-state index contributed by atoms with van der Waals surface area (Å²) in [6, 6.07) is 7.69. The van der Waals surface area contributed by atoms with Crippen LogP contribution < -0.4 is 4.74 Å². The molecule has 0 aliphatic heterocycles. The van der Waals surface area contributed by atoms with E-state index in [-0.39, 0.29) is 6.10 Å². The van der Waals surface area contributed by atoms with Crippen molar-refractivity contribution in [2.24, 2.45) is 0 Å². The quantitative estimate of drug-likeness (QED) is 0.553. The van der Waals surface area contributed by atoms with Gasteiger partial charge in [-0.2, -0.15) is 0 Å². The molecule has 1 heterocycles. The van der Waals surface area contributed by atoms with E-state index < -0.39 is 0 Å². The van der Waals surface area contributed by atoms with Crippen LogP contribution in [0.25, 0.3) is 17.5 Å². The third-order valence-corrected chi connectivity index (χ3v) is 3.46. The van der Waals surface area contributed by atoms with Gasteiger partial charge in [-0.15, -0.1) is 0 Å². The van der Waals surface area contributed by atoms with Crippen LogP contribution in [0, 0.1) is 0 Å². The van der Waals surface area contributed by atoms with Gasteiger partial charge in [-0.25, -0.2) is 9.97 Å². The van der Waals surface area contributed by atoms with Crippen molar-refractivity contribution in [2.75, 3.05) is 6.61 Å².